The molecule has 1 fully saturated rings. The summed E-state index contributed by atoms with van der Waals surface area (Å²) in [6, 6.07) is 7.05. The highest BCUT2D eigenvalue weighted by molar-refractivity contribution is 5.74. The quantitative estimate of drug-likeness (QED) is 0.528. The minimum absolute atomic E-state index is 0.0145. The van der Waals surface area contributed by atoms with E-state index in [-0.39, 0.29) is 24.3 Å². The van der Waals surface area contributed by atoms with Crippen LogP contribution in [0.1, 0.15) is 0 Å². The van der Waals surface area contributed by atoms with Crippen molar-refractivity contribution in [2.24, 2.45) is 14.1 Å². The third-order valence-corrected chi connectivity index (χ3v) is 5.52. The van der Waals surface area contributed by atoms with E-state index in [4.69, 9.17) is 14.2 Å². The molecule has 1 atom stereocenters. The Labute approximate surface area is 184 Å². The molecule has 1 aromatic carbocycles. The maximum atomic E-state index is 13.0. The van der Waals surface area contributed by atoms with Crippen LogP contribution in [-0.2, 0) is 25.4 Å². The summed E-state index contributed by atoms with van der Waals surface area (Å²) in [5, 5.41) is 10.7. The van der Waals surface area contributed by atoms with Crippen molar-refractivity contribution in [2.45, 2.75) is 12.6 Å². The Balaban J connectivity index is 1.66. The van der Waals surface area contributed by atoms with Crippen molar-refractivity contribution in [3.63, 3.8) is 0 Å². The number of benzene rings is 1. The highest BCUT2D eigenvalue weighted by atomic mass is 16.5. The van der Waals surface area contributed by atoms with Crippen LogP contribution in [0.5, 0.6) is 11.5 Å². The Morgan fingerprint density at radius 2 is 1.75 bits per heavy atom. The number of hydrogen-bond donors (Lipinski definition) is 1. The van der Waals surface area contributed by atoms with Crippen LogP contribution in [0.2, 0.25) is 0 Å². The van der Waals surface area contributed by atoms with E-state index in [1.54, 1.807) is 43.0 Å². The number of hydrogen-bond acceptors (Lipinski definition) is 8. The maximum Gasteiger partial charge on any atom is 0.332 e. The fourth-order valence-electron chi connectivity index (χ4n) is 3.74. The van der Waals surface area contributed by atoms with Gasteiger partial charge in [-0.1, -0.05) is 0 Å². The van der Waals surface area contributed by atoms with Crippen molar-refractivity contribution in [1.82, 2.24) is 18.7 Å². The fraction of sp³-hybridized carbons (Fsp3) is 0.476. The van der Waals surface area contributed by atoms with E-state index < -0.39 is 17.4 Å². The highest BCUT2D eigenvalue weighted by Crippen LogP contribution is 2.22. The Morgan fingerprint density at radius 1 is 1.09 bits per heavy atom. The van der Waals surface area contributed by atoms with E-state index in [0.717, 1.165) is 4.57 Å². The topological polar surface area (TPSA) is 113 Å². The predicted molar refractivity (Wildman–Crippen MR) is 118 cm³/mol. The summed E-state index contributed by atoms with van der Waals surface area (Å²) in [7, 11) is 4.59. The monoisotopic (exact) mass is 445 g/mol. The van der Waals surface area contributed by atoms with Gasteiger partial charge >= 0.3 is 5.69 Å². The molecule has 0 unspecified atom stereocenters. The molecule has 0 saturated carbocycles. The number of rotatable bonds is 7. The lowest BCUT2D eigenvalue weighted by atomic mass is 10.3. The number of methoxy groups -OCH3 is 1. The van der Waals surface area contributed by atoms with Gasteiger partial charge in [-0.3, -0.25) is 13.9 Å². The standard InChI is InChI=1S/C21H27N5O6/c1-23-18-17(19(28)24(2)21(23)29)26(20(22-18)25-8-10-31-11-9-25)12-14(27)13-32-16-6-4-15(30-3)5-7-16/h4-7,14,27H,8-13H2,1-3H3/t14-/m0/s1. The summed E-state index contributed by atoms with van der Waals surface area (Å²) in [5.74, 6) is 1.82. The number of aromatic nitrogens is 4. The molecule has 1 saturated heterocycles. The van der Waals surface area contributed by atoms with E-state index in [1.807, 2.05) is 4.90 Å². The molecular formula is C21H27N5O6. The number of morpholine rings is 1. The Hall–Kier alpha value is -3.31. The summed E-state index contributed by atoms with van der Waals surface area (Å²) in [6.07, 6.45) is -0.920. The summed E-state index contributed by atoms with van der Waals surface area (Å²) in [6.45, 7) is 2.34. The van der Waals surface area contributed by atoms with E-state index in [0.29, 0.717) is 43.8 Å². The van der Waals surface area contributed by atoms with Crippen LogP contribution in [0.3, 0.4) is 0 Å². The lowest BCUT2D eigenvalue weighted by Gasteiger charge is -2.28. The lowest BCUT2D eigenvalue weighted by molar-refractivity contribution is 0.0927. The van der Waals surface area contributed by atoms with Crippen LogP contribution in [-0.4, -0.2) is 69.9 Å². The first-order valence-electron chi connectivity index (χ1n) is 10.3. The SMILES string of the molecule is COc1ccc(OC[C@@H](O)Cn2c(N3CCOCC3)nc3c2c(=O)n(C)c(=O)n3C)cc1. The van der Waals surface area contributed by atoms with Crippen LogP contribution in [0.15, 0.2) is 33.9 Å². The molecule has 11 nitrogen and oxygen atoms in total. The van der Waals surface area contributed by atoms with Crippen LogP contribution in [0.25, 0.3) is 11.2 Å². The molecule has 1 N–H and O–H groups in total. The van der Waals surface area contributed by atoms with Crippen LogP contribution < -0.4 is 25.6 Å². The van der Waals surface area contributed by atoms with E-state index in [1.165, 1.54) is 11.6 Å². The average Bonchev–Trinajstić information content (AvgIpc) is 3.20. The van der Waals surface area contributed by atoms with Gasteiger partial charge in [0.2, 0.25) is 5.95 Å². The van der Waals surface area contributed by atoms with Crippen molar-refractivity contribution in [3.8, 4) is 11.5 Å². The second-order valence-electron chi connectivity index (χ2n) is 7.64. The number of ether oxygens (including phenoxy) is 3. The van der Waals surface area contributed by atoms with Gasteiger partial charge in [-0.25, -0.2) is 4.79 Å². The summed E-state index contributed by atoms with van der Waals surface area (Å²) < 4.78 is 20.3. The van der Waals surface area contributed by atoms with Gasteiger partial charge in [0.25, 0.3) is 5.56 Å². The van der Waals surface area contributed by atoms with E-state index in [2.05, 4.69) is 4.98 Å². The van der Waals surface area contributed by atoms with Gasteiger partial charge < -0.3 is 28.8 Å². The molecule has 0 bridgehead atoms. The Kier molecular flexibility index (Phi) is 6.19. The molecule has 1 aliphatic heterocycles. The summed E-state index contributed by atoms with van der Waals surface area (Å²) in [4.78, 5) is 31.9. The fourth-order valence-corrected chi connectivity index (χ4v) is 3.74. The van der Waals surface area contributed by atoms with Gasteiger partial charge in [-0.15, -0.1) is 0 Å². The van der Waals surface area contributed by atoms with Gasteiger partial charge in [0.05, 0.1) is 26.9 Å². The second-order valence-corrected chi connectivity index (χ2v) is 7.64. The molecule has 3 heterocycles. The van der Waals surface area contributed by atoms with Crippen molar-refractivity contribution < 1.29 is 19.3 Å². The largest absolute Gasteiger partial charge is 0.497 e. The third kappa shape index (κ3) is 4.08. The van der Waals surface area contributed by atoms with Gasteiger partial charge in [-0.2, -0.15) is 4.98 Å². The van der Waals surface area contributed by atoms with Gasteiger partial charge in [0.1, 0.15) is 24.2 Å². The van der Waals surface area contributed by atoms with E-state index in [9.17, 15) is 14.7 Å². The van der Waals surface area contributed by atoms with Gasteiger partial charge in [0, 0.05) is 27.2 Å². The number of nitrogens with zero attached hydrogens (tertiary/aromatic N) is 5. The number of aliphatic hydroxyl groups is 1. The van der Waals surface area contributed by atoms with Crippen LogP contribution in [0, 0.1) is 0 Å². The number of imidazole rings is 1. The number of fused-ring (bicyclic) bond motifs is 1. The third-order valence-electron chi connectivity index (χ3n) is 5.52. The summed E-state index contributed by atoms with van der Waals surface area (Å²) in [5.41, 5.74) is -0.370. The number of anilines is 1. The first-order valence-corrected chi connectivity index (χ1v) is 10.3. The molecule has 0 spiro atoms. The molecule has 11 heteroatoms. The summed E-state index contributed by atoms with van der Waals surface area (Å²) >= 11 is 0. The van der Waals surface area contributed by atoms with Crippen molar-refractivity contribution in [3.05, 3.63) is 45.1 Å². The Morgan fingerprint density at radius 3 is 2.41 bits per heavy atom. The number of aliphatic hydroxyl groups excluding tert-OH is 1. The minimum Gasteiger partial charge on any atom is -0.497 e. The van der Waals surface area contributed by atoms with Gasteiger partial charge in [0.15, 0.2) is 11.2 Å². The smallest absolute Gasteiger partial charge is 0.332 e. The molecule has 32 heavy (non-hydrogen) atoms. The molecule has 0 aliphatic carbocycles. The highest BCUT2D eigenvalue weighted by Gasteiger charge is 2.25. The zero-order valence-corrected chi connectivity index (χ0v) is 18.4. The molecule has 4 rings (SSSR count). The second kappa shape index (κ2) is 9.05. The first kappa shape index (κ1) is 21.9. The molecule has 1 aliphatic rings. The van der Waals surface area contributed by atoms with Crippen molar-refractivity contribution >= 4 is 17.1 Å². The Bertz CT molecular complexity index is 1210. The zero-order valence-electron chi connectivity index (χ0n) is 18.4. The van der Waals surface area contributed by atoms with E-state index >= 15 is 0 Å². The maximum absolute atomic E-state index is 13.0. The molecule has 172 valence electrons. The molecule has 2 aromatic heterocycles. The molecule has 0 amide bonds. The zero-order chi connectivity index (χ0) is 22.8. The lowest BCUT2D eigenvalue weighted by Crippen LogP contribution is -2.39. The predicted octanol–water partition coefficient (Wildman–Crippen LogP) is -0.281. The first-order chi connectivity index (χ1) is 15.4. The average molecular weight is 445 g/mol. The molecular weight excluding hydrogens is 418 g/mol. The van der Waals surface area contributed by atoms with Crippen LogP contribution in [0.4, 0.5) is 5.95 Å². The number of aryl methyl sites for hydroxylation is 1. The van der Waals surface area contributed by atoms with Crippen LogP contribution >= 0.6 is 0 Å². The van der Waals surface area contributed by atoms with Gasteiger partial charge in [-0.05, 0) is 24.3 Å². The van der Waals surface area contributed by atoms with Crippen molar-refractivity contribution in [1.29, 1.82) is 0 Å². The molecule has 0 radical (unpaired) electrons. The normalized spacial score (nSPS) is 15.2. The minimum atomic E-state index is -0.920. The molecule has 3 aromatic rings. The van der Waals surface area contributed by atoms with Crippen molar-refractivity contribution in [2.75, 3.05) is 44.9 Å².